The van der Waals surface area contributed by atoms with Gasteiger partial charge in [0.25, 0.3) is 0 Å². The first-order valence-electron chi connectivity index (χ1n) is 5.79. The minimum atomic E-state index is -2.76. The molecule has 1 unspecified atom stereocenters. The molecule has 1 aliphatic heterocycles. The highest BCUT2D eigenvalue weighted by Crippen LogP contribution is 2.35. The monoisotopic (exact) mass is 241 g/mol. The summed E-state index contributed by atoms with van der Waals surface area (Å²) in [4.78, 5) is 0. The Hall–Kier alpha value is -1.16. The molecule has 4 heteroatoms. The van der Waals surface area contributed by atoms with Crippen molar-refractivity contribution in [2.45, 2.75) is 38.3 Å². The topological polar surface area (TPSA) is 21.3 Å². The van der Waals surface area contributed by atoms with E-state index in [0.717, 1.165) is 13.0 Å². The van der Waals surface area contributed by atoms with E-state index < -0.39 is 6.61 Å². The van der Waals surface area contributed by atoms with Crippen LogP contribution in [0.15, 0.2) is 24.3 Å². The number of ether oxygens (including phenoxy) is 1. The van der Waals surface area contributed by atoms with Gasteiger partial charge in [-0.05, 0) is 44.5 Å². The highest BCUT2D eigenvalue weighted by atomic mass is 19.3. The Kier molecular flexibility index (Phi) is 3.33. The van der Waals surface area contributed by atoms with E-state index in [2.05, 4.69) is 23.9 Å². The second-order valence-corrected chi connectivity index (χ2v) is 4.94. The molecule has 1 N–H and O–H groups in total. The fraction of sp³-hybridized carbons (Fsp3) is 0.538. The summed E-state index contributed by atoms with van der Waals surface area (Å²) in [5.74, 6) is 0.635. The molecule has 0 amide bonds. The second-order valence-electron chi connectivity index (χ2n) is 4.94. The molecule has 2 rings (SSSR count). The first-order chi connectivity index (χ1) is 7.99. The van der Waals surface area contributed by atoms with Crippen molar-refractivity contribution in [2.75, 3.05) is 6.54 Å². The lowest BCUT2D eigenvalue weighted by Crippen LogP contribution is -2.36. The average Bonchev–Trinajstić information content (AvgIpc) is 2.58. The van der Waals surface area contributed by atoms with Gasteiger partial charge in [-0.2, -0.15) is 8.78 Å². The molecule has 0 aliphatic carbocycles. The van der Waals surface area contributed by atoms with Crippen molar-refractivity contribution in [1.29, 1.82) is 0 Å². The van der Waals surface area contributed by atoms with Crippen molar-refractivity contribution in [1.82, 2.24) is 5.32 Å². The molecule has 1 aromatic carbocycles. The number of halogens is 2. The van der Waals surface area contributed by atoms with E-state index in [4.69, 9.17) is 0 Å². The maximum atomic E-state index is 12.0. The normalized spacial score (nSPS) is 23.0. The molecule has 1 fully saturated rings. The van der Waals surface area contributed by atoms with E-state index in [1.54, 1.807) is 12.1 Å². The molecule has 0 bridgehead atoms. The first kappa shape index (κ1) is 12.3. The Morgan fingerprint density at radius 2 is 1.94 bits per heavy atom. The summed E-state index contributed by atoms with van der Waals surface area (Å²) < 4.78 is 28.4. The maximum absolute atomic E-state index is 12.0. The molecule has 1 aromatic rings. The molecular formula is C13H17F2NO. The molecule has 1 aliphatic rings. The third-order valence-corrected chi connectivity index (χ3v) is 3.39. The second kappa shape index (κ2) is 4.61. The van der Waals surface area contributed by atoms with E-state index in [0.29, 0.717) is 5.92 Å². The van der Waals surface area contributed by atoms with Gasteiger partial charge in [-0.3, -0.25) is 0 Å². The molecule has 1 heterocycles. The third-order valence-electron chi connectivity index (χ3n) is 3.39. The van der Waals surface area contributed by atoms with Crippen molar-refractivity contribution in [3.63, 3.8) is 0 Å². The van der Waals surface area contributed by atoms with Gasteiger partial charge in [0.2, 0.25) is 0 Å². The zero-order chi connectivity index (χ0) is 12.5. The highest BCUT2D eigenvalue weighted by molar-refractivity contribution is 5.32. The minimum Gasteiger partial charge on any atom is -0.435 e. The van der Waals surface area contributed by atoms with Crippen LogP contribution >= 0.6 is 0 Å². The minimum absolute atomic E-state index is 0.0606. The predicted molar refractivity (Wildman–Crippen MR) is 62.5 cm³/mol. The van der Waals surface area contributed by atoms with Gasteiger partial charge < -0.3 is 10.1 Å². The van der Waals surface area contributed by atoms with Crippen molar-refractivity contribution in [2.24, 2.45) is 0 Å². The van der Waals surface area contributed by atoms with Gasteiger partial charge in [0.1, 0.15) is 5.75 Å². The molecule has 0 aromatic heterocycles. The van der Waals surface area contributed by atoms with Crippen molar-refractivity contribution in [3.05, 3.63) is 29.8 Å². The van der Waals surface area contributed by atoms with Crippen LogP contribution < -0.4 is 10.1 Å². The van der Waals surface area contributed by atoms with Gasteiger partial charge in [0, 0.05) is 11.5 Å². The average molecular weight is 241 g/mol. The van der Waals surface area contributed by atoms with Crippen molar-refractivity contribution in [3.8, 4) is 5.75 Å². The Morgan fingerprint density at radius 1 is 1.29 bits per heavy atom. The summed E-state index contributed by atoms with van der Waals surface area (Å²) in [7, 11) is 0. The molecule has 0 radical (unpaired) electrons. The number of hydrogen-bond donors (Lipinski definition) is 1. The fourth-order valence-electron chi connectivity index (χ4n) is 2.49. The first-order valence-corrected chi connectivity index (χ1v) is 5.79. The molecular weight excluding hydrogens is 224 g/mol. The Bertz CT molecular complexity index is 376. The molecule has 1 atom stereocenters. The lowest BCUT2D eigenvalue weighted by atomic mass is 9.83. The molecule has 94 valence electrons. The predicted octanol–water partition coefficient (Wildman–Crippen LogP) is 3.14. The number of hydrogen-bond acceptors (Lipinski definition) is 2. The van der Waals surface area contributed by atoms with E-state index in [1.807, 2.05) is 12.1 Å². The largest absolute Gasteiger partial charge is 0.435 e. The third kappa shape index (κ3) is 2.75. The Morgan fingerprint density at radius 3 is 2.41 bits per heavy atom. The molecule has 2 nitrogen and oxygen atoms in total. The molecule has 1 saturated heterocycles. The van der Waals surface area contributed by atoms with E-state index >= 15 is 0 Å². The van der Waals surface area contributed by atoms with Crippen LogP contribution in [0.3, 0.4) is 0 Å². The van der Waals surface area contributed by atoms with Crippen LogP contribution in [0, 0.1) is 0 Å². The number of nitrogens with one attached hydrogen (secondary N) is 1. The zero-order valence-corrected chi connectivity index (χ0v) is 10.0. The van der Waals surface area contributed by atoms with E-state index in [9.17, 15) is 8.78 Å². The summed E-state index contributed by atoms with van der Waals surface area (Å²) in [6, 6.07) is 6.96. The summed E-state index contributed by atoms with van der Waals surface area (Å²) in [6.07, 6.45) is 1.07. The zero-order valence-electron chi connectivity index (χ0n) is 10.0. The number of rotatable bonds is 3. The van der Waals surface area contributed by atoms with Crippen LogP contribution in [-0.2, 0) is 0 Å². The summed E-state index contributed by atoms with van der Waals surface area (Å²) in [5.41, 5.74) is 1.23. The van der Waals surface area contributed by atoms with Gasteiger partial charge in [-0.1, -0.05) is 12.1 Å². The Labute approximate surface area is 100.0 Å². The smallest absolute Gasteiger partial charge is 0.387 e. The van der Waals surface area contributed by atoms with Crippen molar-refractivity contribution >= 4 is 0 Å². The van der Waals surface area contributed by atoms with Crippen LogP contribution in [0.25, 0.3) is 0 Å². The van der Waals surface area contributed by atoms with E-state index in [1.165, 1.54) is 5.56 Å². The van der Waals surface area contributed by atoms with Gasteiger partial charge in [0.05, 0.1) is 0 Å². The quantitative estimate of drug-likeness (QED) is 0.877. The maximum Gasteiger partial charge on any atom is 0.387 e. The SMILES string of the molecule is CC1(C)NCCC1c1ccc(OC(F)F)cc1. The summed E-state index contributed by atoms with van der Waals surface area (Å²) in [6.45, 7) is 2.56. The summed E-state index contributed by atoms with van der Waals surface area (Å²) in [5, 5.41) is 3.44. The summed E-state index contributed by atoms with van der Waals surface area (Å²) >= 11 is 0. The van der Waals surface area contributed by atoms with Gasteiger partial charge >= 0.3 is 6.61 Å². The van der Waals surface area contributed by atoms with Gasteiger partial charge in [0.15, 0.2) is 0 Å². The van der Waals surface area contributed by atoms with Crippen LogP contribution in [0.2, 0.25) is 0 Å². The highest BCUT2D eigenvalue weighted by Gasteiger charge is 2.34. The molecule has 0 saturated carbocycles. The molecule has 17 heavy (non-hydrogen) atoms. The number of benzene rings is 1. The molecule has 0 spiro atoms. The van der Waals surface area contributed by atoms with Crippen LogP contribution in [0.1, 0.15) is 31.7 Å². The Balaban J connectivity index is 2.12. The van der Waals surface area contributed by atoms with Crippen molar-refractivity contribution < 1.29 is 13.5 Å². The van der Waals surface area contributed by atoms with Gasteiger partial charge in [-0.25, -0.2) is 0 Å². The van der Waals surface area contributed by atoms with E-state index in [-0.39, 0.29) is 11.3 Å². The van der Waals surface area contributed by atoms with Crippen LogP contribution in [0.4, 0.5) is 8.78 Å². The van der Waals surface area contributed by atoms with Crippen LogP contribution in [-0.4, -0.2) is 18.7 Å². The van der Waals surface area contributed by atoms with Gasteiger partial charge in [-0.15, -0.1) is 0 Å². The van der Waals surface area contributed by atoms with Crippen LogP contribution in [0.5, 0.6) is 5.75 Å². The number of alkyl halides is 2. The lowest BCUT2D eigenvalue weighted by Gasteiger charge is -2.27. The fourth-order valence-corrected chi connectivity index (χ4v) is 2.49. The lowest BCUT2D eigenvalue weighted by molar-refractivity contribution is -0.0498. The standard InChI is InChI=1S/C13H17F2NO/c1-13(2)11(7-8-16-13)9-3-5-10(6-4-9)17-12(14)15/h3-6,11-12,16H,7-8H2,1-2H3.